The van der Waals surface area contributed by atoms with E-state index in [0.717, 1.165) is 10.9 Å². The Balaban J connectivity index is 1.27. The highest BCUT2D eigenvalue weighted by atomic mass is 19.4. The fourth-order valence-corrected chi connectivity index (χ4v) is 3.79. The fraction of sp³-hybridized carbons (Fsp3) is 0.579. The maximum atomic E-state index is 13.3. The Bertz CT molecular complexity index is 1310. The molecule has 1 amide bonds. The van der Waals surface area contributed by atoms with Gasteiger partial charge < -0.3 is 19.1 Å². The number of anilines is 1. The van der Waals surface area contributed by atoms with Crippen LogP contribution < -0.4 is 10.5 Å². The second-order valence-electron chi connectivity index (χ2n) is 8.19. The molecule has 1 N–H and O–H groups in total. The average Bonchev–Trinajstić information content (AvgIpc) is 3.48. The van der Waals surface area contributed by atoms with Crippen LogP contribution in [0.3, 0.4) is 0 Å². The third kappa shape index (κ3) is 5.67. The Morgan fingerprint density at radius 1 is 1.16 bits per heavy atom. The van der Waals surface area contributed by atoms with Crippen LogP contribution in [-0.2, 0) is 21.9 Å². The molecule has 0 aromatic carbocycles. The van der Waals surface area contributed by atoms with Gasteiger partial charge in [-0.05, 0) is 12.1 Å². The van der Waals surface area contributed by atoms with Crippen LogP contribution in [0.4, 0.5) is 32.3 Å². The number of alkyl halides is 6. The van der Waals surface area contributed by atoms with Crippen molar-refractivity contribution in [1.29, 1.82) is 0 Å². The van der Waals surface area contributed by atoms with E-state index < -0.39 is 40.9 Å². The van der Waals surface area contributed by atoms with Crippen molar-refractivity contribution >= 4 is 22.8 Å². The molecular weight excluding hydrogens is 518 g/mol. The normalized spacial score (nSPS) is 16.0. The maximum Gasteiger partial charge on any atom is 0.471 e. The quantitative estimate of drug-likeness (QED) is 0.353. The van der Waals surface area contributed by atoms with Gasteiger partial charge in [-0.25, -0.2) is 5.10 Å². The number of nitrogens with one attached hydrogen (secondary N) is 1. The summed E-state index contributed by atoms with van der Waals surface area (Å²) in [7, 11) is 0. The molecule has 1 aliphatic rings. The first-order valence-corrected chi connectivity index (χ1v) is 10.9. The van der Waals surface area contributed by atoms with E-state index in [0.29, 0.717) is 0 Å². The van der Waals surface area contributed by atoms with Gasteiger partial charge in [-0.1, -0.05) is 0 Å². The van der Waals surface area contributed by atoms with Crippen molar-refractivity contribution in [2.45, 2.75) is 31.7 Å². The van der Waals surface area contributed by atoms with E-state index in [1.807, 2.05) is 5.10 Å². The number of fused-ring (bicyclic) bond motifs is 1. The topological polar surface area (TPSA) is 135 Å². The van der Waals surface area contributed by atoms with Gasteiger partial charge >= 0.3 is 18.2 Å². The standard InChI is InChI=1S/C19H20F6N8O4/c1-10(33-11-8-26-28-15(35)13(11)14(29-33)18(20,21)22)9-36-7-2-12(34)31-3-5-32(6-4-31)17-27-16(37-30-17)19(23,24)25/h8,10H,2-7,9H2,1H3,(H,28,35). The summed E-state index contributed by atoms with van der Waals surface area (Å²) in [4.78, 5) is 30.7. The number of carbonyl (C=O) groups excluding carboxylic acids is 1. The molecule has 3 aromatic rings. The molecule has 1 aliphatic heterocycles. The lowest BCUT2D eigenvalue weighted by Crippen LogP contribution is -2.49. The van der Waals surface area contributed by atoms with Crippen molar-refractivity contribution in [2.24, 2.45) is 0 Å². The van der Waals surface area contributed by atoms with Crippen molar-refractivity contribution in [3.8, 4) is 0 Å². The molecule has 4 rings (SSSR count). The average molecular weight is 538 g/mol. The predicted octanol–water partition coefficient (Wildman–Crippen LogP) is 1.86. The van der Waals surface area contributed by atoms with Gasteiger partial charge in [0.25, 0.3) is 11.5 Å². The number of nitrogens with zero attached hydrogens (tertiary/aromatic N) is 7. The highest BCUT2D eigenvalue weighted by molar-refractivity contribution is 5.80. The van der Waals surface area contributed by atoms with E-state index in [-0.39, 0.29) is 63.2 Å². The first-order valence-electron chi connectivity index (χ1n) is 10.9. The second kappa shape index (κ2) is 9.98. The summed E-state index contributed by atoms with van der Waals surface area (Å²) in [6, 6.07) is -0.711. The molecule has 0 radical (unpaired) electrons. The number of rotatable bonds is 7. The third-order valence-corrected chi connectivity index (χ3v) is 5.61. The molecule has 0 spiro atoms. The van der Waals surface area contributed by atoms with Gasteiger partial charge in [0.2, 0.25) is 5.91 Å². The summed E-state index contributed by atoms with van der Waals surface area (Å²) in [5.41, 5.74) is -2.46. The minimum atomic E-state index is -4.85. The van der Waals surface area contributed by atoms with E-state index in [2.05, 4.69) is 24.9 Å². The van der Waals surface area contributed by atoms with Crippen molar-refractivity contribution in [3.05, 3.63) is 28.1 Å². The SMILES string of the molecule is CC(COCCC(=O)N1CCN(c2noc(C(F)(F)F)n2)CC1)n1nc(C(F)(F)F)c2c(=O)[nH]ncc21. The van der Waals surface area contributed by atoms with Gasteiger partial charge in [0.1, 0.15) is 5.39 Å². The lowest BCUT2D eigenvalue weighted by atomic mass is 10.2. The van der Waals surface area contributed by atoms with Gasteiger partial charge in [0.15, 0.2) is 5.69 Å². The molecule has 12 nitrogen and oxygen atoms in total. The summed E-state index contributed by atoms with van der Waals surface area (Å²) in [6.07, 6.45) is -8.56. The number of H-pyrrole nitrogens is 1. The van der Waals surface area contributed by atoms with Crippen LogP contribution in [0, 0.1) is 0 Å². The molecule has 0 aliphatic carbocycles. The number of aromatic amines is 1. The summed E-state index contributed by atoms with van der Waals surface area (Å²) in [5, 5.41) is 11.7. The lowest BCUT2D eigenvalue weighted by molar-refractivity contribution is -0.159. The number of halogens is 6. The minimum absolute atomic E-state index is 0.0258. The Hall–Kier alpha value is -3.70. The summed E-state index contributed by atoms with van der Waals surface area (Å²) >= 11 is 0. The van der Waals surface area contributed by atoms with Gasteiger partial charge in [-0.15, -0.1) is 0 Å². The lowest BCUT2D eigenvalue weighted by Gasteiger charge is -2.33. The van der Waals surface area contributed by atoms with Crippen molar-refractivity contribution in [2.75, 3.05) is 44.3 Å². The molecule has 37 heavy (non-hydrogen) atoms. The number of hydrogen-bond donors (Lipinski definition) is 1. The number of amides is 1. The summed E-state index contributed by atoms with van der Waals surface area (Å²) < 4.78 is 88.5. The van der Waals surface area contributed by atoms with Crippen molar-refractivity contribution in [3.63, 3.8) is 0 Å². The Kier molecular flexibility index (Phi) is 7.11. The van der Waals surface area contributed by atoms with Crippen LogP contribution in [0.1, 0.15) is 31.0 Å². The van der Waals surface area contributed by atoms with E-state index in [4.69, 9.17) is 4.74 Å². The molecule has 0 saturated carbocycles. The van der Waals surface area contributed by atoms with Crippen molar-refractivity contribution in [1.82, 2.24) is 35.0 Å². The monoisotopic (exact) mass is 538 g/mol. The van der Waals surface area contributed by atoms with Crippen LogP contribution in [0.15, 0.2) is 15.5 Å². The van der Waals surface area contributed by atoms with Crippen LogP contribution in [0.25, 0.3) is 10.9 Å². The molecule has 1 atom stereocenters. The first-order chi connectivity index (χ1) is 17.4. The summed E-state index contributed by atoms with van der Waals surface area (Å²) in [6.45, 7) is 2.23. The zero-order chi connectivity index (χ0) is 27.0. The van der Waals surface area contributed by atoms with Gasteiger partial charge in [-0.2, -0.15) is 41.5 Å². The van der Waals surface area contributed by atoms with Gasteiger partial charge in [0.05, 0.1) is 37.4 Å². The highest BCUT2D eigenvalue weighted by Crippen LogP contribution is 2.33. The molecule has 0 bridgehead atoms. The van der Waals surface area contributed by atoms with Crippen LogP contribution in [0.2, 0.25) is 0 Å². The van der Waals surface area contributed by atoms with E-state index in [1.165, 1.54) is 16.7 Å². The third-order valence-electron chi connectivity index (χ3n) is 5.61. The van der Waals surface area contributed by atoms with Gasteiger partial charge in [0, 0.05) is 26.2 Å². The molecule has 1 fully saturated rings. The van der Waals surface area contributed by atoms with E-state index in [1.54, 1.807) is 0 Å². The fourth-order valence-electron chi connectivity index (χ4n) is 3.79. The zero-order valence-corrected chi connectivity index (χ0v) is 19.1. The number of ether oxygens (including phenoxy) is 1. The molecule has 1 saturated heterocycles. The predicted molar refractivity (Wildman–Crippen MR) is 111 cm³/mol. The number of aromatic nitrogens is 6. The minimum Gasteiger partial charge on any atom is -0.379 e. The van der Waals surface area contributed by atoms with Crippen LogP contribution in [0.5, 0.6) is 0 Å². The Labute approximate surface area is 203 Å². The number of piperazine rings is 1. The van der Waals surface area contributed by atoms with Crippen LogP contribution >= 0.6 is 0 Å². The number of carbonyl (C=O) groups is 1. The van der Waals surface area contributed by atoms with E-state index in [9.17, 15) is 35.9 Å². The maximum absolute atomic E-state index is 13.3. The first kappa shape index (κ1) is 26.4. The molecule has 1 unspecified atom stereocenters. The van der Waals surface area contributed by atoms with E-state index >= 15 is 0 Å². The Morgan fingerprint density at radius 3 is 2.49 bits per heavy atom. The Morgan fingerprint density at radius 2 is 1.86 bits per heavy atom. The highest BCUT2D eigenvalue weighted by Gasteiger charge is 2.40. The van der Waals surface area contributed by atoms with Crippen molar-refractivity contribution < 1.29 is 40.4 Å². The molecule has 202 valence electrons. The zero-order valence-electron chi connectivity index (χ0n) is 19.1. The van der Waals surface area contributed by atoms with Crippen LogP contribution in [-0.4, -0.2) is 80.3 Å². The summed E-state index contributed by atoms with van der Waals surface area (Å²) in [5.74, 6) is -1.93. The number of hydrogen-bond acceptors (Lipinski definition) is 9. The molecule has 18 heteroatoms. The molecule has 3 aromatic heterocycles. The smallest absolute Gasteiger partial charge is 0.379 e. The molecule has 4 heterocycles. The van der Waals surface area contributed by atoms with Gasteiger partial charge in [-0.3, -0.25) is 14.3 Å². The second-order valence-corrected chi connectivity index (χ2v) is 8.19. The molecular formula is C19H20F6N8O4. The largest absolute Gasteiger partial charge is 0.471 e.